The molecule has 1 fully saturated rings. The van der Waals surface area contributed by atoms with E-state index >= 15 is 0 Å². The Morgan fingerprint density at radius 3 is 2.72 bits per heavy atom. The molecule has 1 aliphatic rings. The summed E-state index contributed by atoms with van der Waals surface area (Å²) in [7, 11) is 0. The third-order valence-corrected chi connectivity index (χ3v) is 3.09. The van der Waals surface area contributed by atoms with Crippen molar-refractivity contribution in [2.24, 2.45) is 0 Å². The van der Waals surface area contributed by atoms with Crippen LogP contribution in [0.25, 0.3) is 5.82 Å². The summed E-state index contributed by atoms with van der Waals surface area (Å²) in [5.41, 5.74) is 0.491. The fourth-order valence-corrected chi connectivity index (χ4v) is 2.16. The monoisotopic (exact) mass is 242 g/mol. The maximum Gasteiger partial charge on any atom is 0.272 e. The minimum absolute atomic E-state index is 0.0153. The van der Waals surface area contributed by atoms with Crippen LogP contribution in [0.4, 0.5) is 0 Å². The van der Waals surface area contributed by atoms with E-state index in [1.165, 1.54) is 0 Å². The van der Waals surface area contributed by atoms with E-state index < -0.39 is 0 Å². The summed E-state index contributed by atoms with van der Waals surface area (Å²) in [4.78, 5) is 18.4. The van der Waals surface area contributed by atoms with E-state index in [1.807, 2.05) is 29.3 Å². The van der Waals surface area contributed by atoms with Crippen LogP contribution in [0.2, 0.25) is 0 Å². The summed E-state index contributed by atoms with van der Waals surface area (Å²) < 4.78 is 1.65. The molecule has 5 nitrogen and oxygen atoms in total. The van der Waals surface area contributed by atoms with Gasteiger partial charge in [-0.3, -0.25) is 4.79 Å². The lowest BCUT2D eigenvalue weighted by Crippen LogP contribution is -2.28. The summed E-state index contributed by atoms with van der Waals surface area (Å²) in [5.74, 6) is 0.687. The Morgan fingerprint density at radius 1 is 1.17 bits per heavy atom. The van der Waals surface area contributed by atoms with E-state index in [2.05, 4.69) is 10.1 Å². The first-order valence-corrected chi connectivity index (χ1v) is 6.11. The van der Waals surface area contributed by atoms with Gasteiger partial charge in [0.05, 0.1) is 0 Å². The molecule has 2 aromatic rings. The van der Waals surface area contributed by atoms with Crippen molar-refractivity contribution in [1.82, 2.24) is 19.7 Å². The van der Waals surface area contributed by atoms with Gasteiger partial charge in [-0.05, 0) is 31.0 Å². The van der Waals surface area contributed by atoms with Gasteiger partial charge in [0.25, 0.3) is 5.91 Å². The molecule has 92 valence electrons. The molecule has 0 aromatic carbocycles. The van der Waals surface area contributed by atoms with Gasteiger partial charge < -0.3 is 4.90 Å². The van der Waals surface area contributed by atoms with Crippen LogP contribution in [0.1, 0.15) is 23.3 Å². The van der Waals surface area contributed by atoms with Gasteiger partial charge in [0.15, 0.2) is 5.82 Å². The van der Waals surface area contributed by atoms with Crippen molar-refractivity contribution >= 4 is 5.91 Å². The van der Waals surface area contributed by atoms with Crippen molar-refractivity contribution in [1.29, 1.82) is 0 Å². The average molecular weight is 242 g/mol. The molecule has 0 radical (unpaired) electrons. The molecule has 0 N–H and O–H groups in total. The molecule has 3 heterocycles. The lowest BCUT2D eigenvalue weighted by Gasteiger charge is -2.14. The zero-order valence-electron chi connectivity index (χ0n) is 9.99. The fraction of sp³-hybridized carbons (Fsp3) is 0.308. The van der Waals surface area contributed by atoms with Gasteiger partial charge in [-0.2, -0.15) is 5.10 Å². The summed E-state index contributed by atoms with van der Waals surface area (Å²) >= 11 is 0. The van der Waals surface area contributed by atoms with Crippen LogP contribution < -0.4 is 0 Å². The third kappa shape index (κ3) is 1.99. The van der Waals surface area contributed by atoms with E-state index in [0.717, 1.165) is 25.9 Å². The van der Waals surface area contributed by atoms with E-state index in [9.17, 15) is 4.79 Å². The van der Waals surface area contributed by atoms with Gasteiger partial charge in [0.2, 0.25) is 0 Å². The van der Waals surface area contributed by atoms with Crippen LogP contribution in [0, 0.1) is 0 Å². The third-order valence-electron chi connectivity index (χ3n) is 3.09. The average Bonchev–Trinajstić information content (AvgIpc) is 3.11. The zero-order chi connectivity index (χ0) is 12.4. The first kappa shape index (κ1) is 11.0. The van der Waals surface area contributed by atoms with E-state index in [0.29, 0.717) is 11.5 Å². The number of aromatic nitrogens is 3. The number of pyridine rings is 1. The van der Waals surface area contributed by atoms with Crippen LogP contribution in [-0.2, 0) is 0 Å². The molecule has 0 spiro atoms. The Kier molecular flexibility index (Phi) is 2.80. The highest BCUT2D eigenvalue weighted by Gasteiger charge is 2.20. The Labute approximate surface area is 105 Å². The summed E-state index contributed by atoms with van der Waals surface area (Å²) in [6.07, 6.45) is 5.68. The smallest absolute Gasteiger partial charge is 0.272 e. The number of amides is 1. The molecule has 0 bridgehead atoms. The summed E-state index contributed by atoms with van der Waals surface area (Å²) in [5, 5.41) is 4.11. The number of rotatable bonds is 2. The largest absolute Gasteiger partial charge is 0.337 e. The molecule has 0 aliphatic carbocycles. The van der Waals surface area contributed by atoms with E-state index in [-0.39, 0.29) is 5.91 Å². The van der Waals surface area contributed by atoms with Crippen molar-refractivity contribution in [2.75, 3.05) is 13.1 Å². The van der Waals surface area contributed by atoms with Gasteiger partial charge in [-0.1, -0.05) is 6.07 Å². The van der Waals surface area contributed by atoms with Gasteiger partial charge in [-0.15, -0.1) is 0 Å². The van der Waals surface area contributed by atoms with Crippen LogP contribution in [-0.4, -0.2) is 38.7 Å². The zero-order valence-corrected chi connectivity index (χ0v) is 9.99. The van der Waals surface area contributed by atoms with Crippen molar-refractivity contribution in [3.8, 4) is 5.82 Å². The molecule has 18 heavy (non-hydrogen) atoms. The highest BCUT2D eigenvalue weighted by Crippen LogP contribution is 2.12. The number of hydrogen-bond acceptors (Lipinski definition) is 3. The molecule has 2 aromatic heterocycles. The second-order valence-electron chi connectivity index (χ2n) is 4.33. The Morgan fingerprint density at radius 2 is 2.00 bits per heavy atom. The molecule has 0 atom stereocenters. The normalized spacial score (nSPS) is 15.0. The van der Waals surface area contributed by atoms with Crippen molar-refractivity contribution in [3.63, 3.8) is 0 Å². The first-order valence-electron chi connectivity index (χ1n) is 6.11. The molecule has 1 aliphatic heterocycles. The van der Waals surface area contributed by atoms with E-state index in [4.69, 9.17) is 0 Å². The highest BCUT2D eigenvalue weighted by molar-refractivity contribution is 5.92. The fourth-order valence-electron chi connectivity index (χ4n) is 2.16. The van der Waals surface area contributed by atoms with Crippen molar-refractivity contribution in [3.05, 3.63) is 42.4 Å². The molecule has 0 unspecified atom stereocenters. The predicted octanol–water partition coefficient (Wildman–Crippen LogP) is 1.50. The Bertz CT molecular complexity index is 544. The molecular weight excluding hydrogens is 228 g/mol. The van der Waals surface area contributed by atoms with Crippen LogP contribution in [0.3, 0.4) is 0 Å². The summed E-state index contributed by atoms with van der Waals surface area (Å²) in [6, 6.07) is 7.27. The number of carbonyl (C=O) groups is 1. The van der Waals surface area contributed by atoms with Gasteiger partial charge >= 0.3 is 0 Å². The first-order chi connectivity index (χ1) is 8.84. The molecule has 0 saturated carbocycles. The van der Waals surface area contributed by atoms with Crippen molar-refractivity contribution in [2.45, 2.75) is 12.8 Å². The molecule has 1 saturated heterocycles. The summed E-state index contributed by atoms with van der Waals surface area (Å²) in [6.45, 7) is 1.68. The molecule has 3 rings (SSSR count). The van der Waals surface area contributed by atoms with Gasteiger partial charge in [0.1, 0.15) is 5.69 Å². The maximum absolute atomic E-state index is 12.2. The van der Waals surface area contributed by atoms with Gasteiger partial charge in [-0.25, -0.2) is 9.67 Å². The minimum atomic E-state index is 0.0153. The topological polar surface area (TPSA) is 51.0 Å². The number of carbonyl (C=O) groups excluding carboxylic acids is 1. The molecular formula is C13H14N4O. The van der Waals surface area contributed by atoms with Crippen LogP contribution >= 0.6 is 0 Å². The second kappa shape index (κ2) is 4.60. The Hall–Kier alpha value is -2.17. The standard InChI is InChI=1S/C13H14N4O/c18-13(16-8-1-2-9-16)11-5-3-6-12(15-11)17-10-4-7-14-17/h3-7,10H,1-2,8-9H2. The Balaban J connectivity index is 1.89. The second-order valence-corrected chi connectivity index (χ2v) is 4.33. The molecule has 1 amide bonds. The SMILES string of the molecule is O=C(c1cccc(-n2cccn2)n1)N1CCCC1. The van der Waals surface area contributed by atoms with Crippen LogP contribution in [0.5, 0.6) is 0 Å². The van der Waals surface area contributed by atoms with E-state index in [1.54, 1.807) is 16.9 Å². The van der Waals surface area contributed by atoms with Crippen molar-refractivity contribution < 1.29 is 4.79 Å². The number of likely N-dealkylation sites (tertiary alicyclic amines) is 1. The molecule has 5 heteroatoms. The maximum atomic E-state index is 12.2. The number of nitrogens with zero attached hydrogens (tertiary/aromatic N) is 4. The minimum Gasteiger partial charge on any atom is -0.337 e. The van der Waals surface area contributed by atoms with Gasteiger partial charge in [0, 0.05) is 25.5 Å². The quantitative estimate of drug-likeness (QED) is 0.802. The predicted molar refractivity (Wildman–Crippen MR) is 66.5 cm³/mol. The van der Waals surface area contributed by atoms with Crippen LogP contribution in [0.15, 0.2) is 36.7 Å². The lowest BCUT2D eigenvalue weighted by atomic mass is 10.3. The highest BCUT2D eigenvalue weighted by atomic mass is 16.2. The lowest BCUT2D eigenvalue weighted by molar-refractivity contribution is 0.0787. The number of hydrogen-bond donors (Lipinski definition) is 0.